The summed E-state index contributed by atoms with van der Waals surface area (Å²) in [7, 11) is 1.84. The molecule has 0 aliphatic carbocycles. The molecule has 0 spiro atoms. The Hall–Kier alpha value is -2.37. The first-order valence-electron chi connectivity index (χ1n) is 5.97. The van der Waals surface area contributed by atoms with E-state index in [-0.39, 0.29) is 16.7 Å². The molecular weight excluding hydrogens is 244 g/mol. The predicted molar refractivity (Wildman–Crippen MR) is 73.1 cm³/mol. The first-order chi connectivity index (χ1) is 8.97. The summed E-state index contributed by atoms with van der Waals surface area (Å²) in [5.74, 6) is 0. The molecule has 100 valence electrons. The summed E-state index contributed by atoms with van der Waals surface area (Å²) in [6.45, 7) is 3.85. The van der Waals surface area contributed by atoms with Crippen LogP contribution in [0, 0.1) is 17.0 Å². The van der Waals surface area contributed by atoms with E-state index >= 15 is 0 Å². The van der Waals surface area contributed by atoms with E-state index in [1.807, 2.05) is 27.1 Å². The molecule has 1 N–H and O–H groups in total. The zero-order chi connectivity index (χ0) is 14.0. The number of nitro benzene ring substituents is 1. The van der Waals surface area contributed by atoms with Crippen molar-refractivity contribution in [1.82, 2.24) is 9.78 Å². The topological polar surface area (TPSA) is 73.0 Å². The number of nitro groups is 1. The minimum atomic E-state index is -0.377. The van der Waals surface area contributed by atoms with Gasteiger partial charge in [-0.25, -0.2) is 0 Å². The quantitative estimate of drug-likeness (QED) is 0.677. The zero-order valence-corrected chi connectivity index (χ0v) is 11.1. The Morgan fingerprint density at radius 1 is 1.47 bits per heavy atom. The fraction of sp³-hybridized carbons (Fsp3) is 0.308. The third-order valence-corrected chi connectivity index (χ3v) is 2.95. The van der Waals surface area contributed by atoms with Gasteiger partial charge in [0.2, 0.25) is 0 Å². The van der Waals surface area contributed by atoms with Crippen molar-refractivity contribution < 1.29 is 4.92 Å². The molecule has 2 aromatic rings. The number of hydrogen-bond acceptors (Lipinski definition) is 4. The summed E-state index contributed by atoms with van der Waals surface area (Å²) < 4.78 is 1.71. The van der Waals surface area contributed by atoms with Gasteiger partial charge in [0.15, 0.2) is 0 Å². The van der Waals surface area contributed by atoms with Gasteiger partial charge in [-0.05, 0) is 25.5 Å². The van der Waals surface area contributed by atoms with Crippen molar-refractivity contribution in [3.63, 3.8) is 0 Å². The molecule has 0 saturated carbocycles. The van der Waals surface area contributed by atoms with Crippen molar-refractivity contribution in [2.45, 2.75) is 19.9 Å². The van der Waals surface area contributed by atoms with Crippen LogP contribution in [0.4, 0.5) is 11.4 Å². The monoisotopic (exact) mass is 260 g/mol. The first kappa shape index (κ1) is 13.1. The maximum absolute atomic E-state index is 11.0. The fourth-order valence-corrected chi connectivity index (χ4v) is 1.91. The number of hydrogen-bond donors (Lipinski definition) is 1. The van der Waals surface area contributed by atoms with Crippen molar-refractivity contribution in [2.75, 3.05) is 5.32 Å². The van der Waals surface area contributed by atoms with E-state index in [0.717, 1.165) is 11.1 Å². The van der Waals surface area contributed by atoms with E-state index in [1.54, 1.807) is 23.0 Å². The zero-order valence-electron chi connectivity index (χ0n) is 11.1. The van der Waals surface area contributed by atoms with Crippen LogP contribution in [0.5, 0.6) is 0 Å². The molecule has 19 heavy (non-hydrogen) atoms. The Bertz CT molecular complexity index is 606. The molecular formula is C13H16N4O2. The standard InChI is InChI=1S/C13H16N4O2/c1-9-4-5-13(17(18)19)12(6-9)15-10(2)11-7-14-16(3)8-11/h4-8,10,15H,1-3H3. The third-order valence-electron chi connectivity index (χ3n) is 2.95. The van der Waals surface area contributed by atoms with E-state index in [4.69, 9.17) is 0 Å². The van der Waals surface area contributed by atoms with E-state index in [1.165, 1.54) is 6.07 Å². The van der Waals surface area contributed by atoms with Gasteiger partial charge in [0.1, 0.15) is 5.69 Å². The molecule has 2 rings (SSSR count). The number of aryl methyl sites for hydroxylation is 2. The van der Waals surface area contributed by atoms with Crippen molar-refractivity contribution >= 4 is 11.4 Å². The van der Waals surface area contributed by atoms with Crippen LogP contribution in [-0.2, 0) is 7.05 Å². The molecule has 0 saturated heterocycles. The summed E-state index contributed by atoms with van der Waals surface area (Å²) in [6.07, 6.45) is 3.64. The highest BCUT2D eigenvalue weighted by Crippen LogP contribution is 2.28. The second-order valence-corrected chi connectivity index (χ2v) is 4.59. The lowest BCUT2D eigenvalue weighted by Crippen LogP contribution is -2.08. The van der Waals surface area contributed by atoms with Gasteiger partial charge in [-0.1, -0.05) is 6.07 Å². The second kappa shape index (κ2) is 5.09. The maximum Gasteiger partial charge on any atom is 0.292 e. The summed E-state index contributed by atoms with van der Waals surface area (Å²) in [6, 6.07) is 4.99. The molecule has 6 nitrogen and oxygen atoms in total. The van der Waals surface area contributed by atoms with Crippen molar-refractivity contribution in [1.29, 1.82) is 0 Å². The average Bonchev–Trinajstić information content (AvgIpc) is 2.75. The van der Waals surface area contributed by atoms with Crippen LogP contribution in [0.15, 0.2) is 30.6 Å². The number of anilines is 1. The van der Waals surface area contributed by atoms with Gasteiger partial charge in [-0.15, -0.1) is 0 Å². The molecule has 0 amide bonds. The van der Waals surface area contributed by atoms with E-state index < -0.39 is 0 Å². The summed E-state index contributed by atoms with van der Waals surface area (Å²) >= 11 is 0. The molecule has 1 aromatic carbocycles. The van der Waals surface area contributed by atoms with Crippen molar-refractivity contribution in [2.24, 2.45) is 7.05 Å². The second-order valence-electron chi connectivity index (χ2n) is 4.59. The minimum Gasteiger partial charge on any atom is -0.373 e. The molecule has 1 atom stereocenters. The summed E-state index contributed by atoms with van der Waals surface area (Å²) in [5, 5.41) is 18.3. The Balaban J connectivity index is 2.27. The molecule has 0 aliphatic heterocycles. The molecule has 1 heterocycles. The molecule has 1 aromatic heterocycles. The van der Waals surface area contributed by atoms with Crippen molar-refractivity contribution in [3.05, 3.63) is 51.8 Å². The van der Waals surface area contributed by atoms with Gasteiger partial charge in [0.05, 0.1) is 17.2 Å². The highest BCUT2D eigenvalue weighted by molar-refractivity contribution is 5.63. The lowest BCUT2D eigenvalue weighted by Gasteiger charge is -2.14. The highest BCUT2D eigenvalue weighted by atomic mass is 16.6. The molecule has 6 heteroatoms. The van der Waals surface area contributed by atoms with Crippen LogP contribution >= 0.6 is 0 Å². The number of rotatable bonds is 4. The van der Waals surface area contributed by atoms with E-state index in [2.05, 4.69) is 10.4 Å². The van der Waals surface area contributed by atoms with Crippen LogP contribution < -0.4 is 5.32 Å². The Kier molecular flexibility index (Phi) is 3.50. The summed E-state index contributed by atoms with van der Waals surface area (Å²) in [4.78, 5) is 10.6. The van der Waals surface area contributed by atoms with Gasteiger partial charge in [0, 0.05) is 24.9 Å². The Morgan fingerprint density at radius 2 is 2.21 bits per heavy atom. The number of nitrogens with zero attached hydrogens (tertiary/aromatic N) is 3. The van der Waals surface area contributed by atoms with Crippen LogP contribution in [-0.4, -0.2) is 14.7 Å². The third kappa shape index (κ3) is 2.90. The number of benzene rings is 1. The Morgan fingerprint density at radius 3 is 2.79 bits per heavy atom. The van der Waals surface area contributed by atoms with Gasteiger partial charge in [-0.2, -0.15) is 5.10 Å². The molecule has 0 bridgehead atoms. The normalized spacial score (nSPS) is 12.2. The minimum absolute atomic E-state index is 0.0470. The lowest BCUT2D eigenvalue weighted by molar-refractivity contribution is -0.384. The van der Waals surface area contributed by atoms with Crippen LogP contribution in [0.2, 0.25) is 0 Å². The largest absolute Gasteiger partial charge is 0.373 e. The highest BCUT2D eigenvalue weighted by Gasteiger charge is 2.16. The van der Waals surface area contributed by atoms with Crippen LogP contribution in [0.25, 0.3) is 0 Å². The fourth-order valence-electron chi connectivity index (χ4n) is 1.91. The van der Waals surface area contributed by atoms with E-state index in [9.17, 15) is 10.1 Å². The SMILES string of the molecule is Cc1ccc([N+](=O)[O-])c(NC(C)c2cnn(C)c2)c1. The molecule has 1 unspecified atom stereocenters. The molecule has 0 fully saturated rings. The average molecular weight is 260 g/mol. The van der Waals surface area contributed by atoms with E-state index in [0.29, 0.717) is 5.69 Å². The van der Waals surface area contributed by atoms with Gasteiger partial charge >= 0.3 is 0 Å². The smallest absolute Gasteiger partial charge is 0.292 e. The first-order valence-corrected chi connectivity index (χ1v) is 5.97. The van der Waals surface area contributed by atoms with Crippen LogP contribution in [0.3, 0.4) is 0 Å². The molecule has 0 aliphatic rings. The van der Waals surface area contributed by atoms with Gasteiger partial charge in [-0.3, -0.25) is 14.8 Å². The van der Waals surface area contributed by atoms with Gasteiger partial charge in [0.25, 0.3) is 5.69 Å². The lowest BCUT2D eigenvalue weighted by atomic mass is 10.1. The van der Waals surface area contributed by atoms with Crippen LogP contribution in [0.1, 0.15) is 24.1 Å². The number of nitrogens with one attached hydrogen (secondary N) is 1. The summed E-state index contributed by atoms with van der Waals surface area (Å²) in [5.41, 5.74) is 2.58. The molecule has 0 radical (unpaired) electrons. The number of aromatic nitrogens is 2. The maximum atomic E-state index is 11.0. The Labute approximate surface area is 111 Å². The van der Waals surface area contributed by atoms with Crippen molar-refractivity contribution in [3.8, 4) is 0 Å². The van der Waals surface area contributed by atoms with Gasteiger partial charge < -0.3 is 5.32 Å². The predicted octanol–water partition coefficient (Wildman–Crippen LogP) is 2.81.